The lowest BCUT2D eigenvalue weighted by atomic mass is 10.0. The Labute approximate surface area is 114 Å². The van der Waals surface area contributed by atoms with Crippen LogP contribution in [-0.2, 0) is 0 Å². The molecule has 2 aromatic carbocycles. The van der Waals surface area contributed by atoms with Gasteiger partial charge in [-0.2, -0.15) is 0 Å². The first-order chi connectivity index (χ1) is 8.58. The minimum atomic E-state index is -2.44. The summed E-state index contributed by atoms with van der Waals surface area (Å²) in [6.07, 6.45) is -2.44. The lowest BCUT2D eigenvalue weighted by molar-refractivity contribution is 0.151. The van der Waals surface area contributed by atoms with Crippen molar-refractivity contribution in [2.24, 2.45) is 0 Å². The summed E-state index contributed by atoms with van der Waals surface area (Å²) >= 11 is 11.5. The van der Waals surface area contributed by atoms with Crippen LogP contribution in [-0.4, -0.2) is 0 Å². The van der Waals surface area contributed by atoms with E-state index in [0.717, 1.165) is 16.7 Å². The number of rotatable bonds is 3. The second-order valence-corrected chi connectivity index (χ2v) is 4.94. The van der Waals surface area contributed by atoms with Crippen molar-refractivity contribution in [2.45, 2.75) is 11.3 Å². The number of benzene rings is 2. The molecule has 0 bridgehead atoms. The summed E-state index contributed by atoms with van der Waals surface area (Å²) in [5.74, 6) is 0. The first-order valence-electron chi connectivity index (χ1n) is 5.34. The lowest BCUT2D eigenvalue weighted by Gasteiger charge is -2.06. The summed E-state index contributed by atoms with van der Waals surface area (Å²) < 4.78 is 24.8. The van der Waals surface area contributed by atoms with Gasteiger partial charge in [-0.05, 0) is 16.7 Å². The van der Waals surface area contributed by atoms with Gasteiger partial charge in [-0.25, -0.2) is 8.78 Å². The van der Waals surface area contributed by atoms with Gasteiger partial charge in [-0.15, -0.1) is 23.2 Å². The monoisotopic (exact) mass is 286 g/mol. The predicted octanol–water partition coefficient (Wildman–Crippen LogP) is 5.77. The molecule has 0 spiro atoms. The van der Waals surface area contributed by atoms with Crippen LogP contribution in [0, 0.1) is 0 Å². The van der Waals surface area contributed by atoms with Gasteiger partial charge < -0.3 is 0 Å². The van der Waals surface area contributed by atoms with E-state index in [2.05, 4.69) is 0 Å². The van der Waals surface area contributed by atoms with Gasteiger partial charge in [0.2, 0.25) is 0 Å². The zero-order valence-corrected chi connectivity index (χ0v) is 10.8. The number of hydrogen-bond acceptors (Lipinski definition) is 0. The molecule has 0 atom stereocenters. The Hall–Kier alpha value is -1.12. The molecular formula is C14H10Cl2F2. The zero-order chi connectivity index (χ0) is 13.1. The standard InChI is InChI=1S/C14H10Cl2F2/c15-13(16)11-5-1-9(2-6-11)10-3-7-12(8-4-10)14(17)18/h1-8,13-14H. The van der Waals surface area contributed by atoms with Gasteiger partial charge in [0.1, 0.15) is 4.84 Å². The third-order valence-corrected chi connectivity index (χ3v) is 3.16. The minimum Gasteiger partial charge on any atom is -0.205 e. The molecule has 0 nitrogen and oxygen atoms in total. The molecule has 0 heterocycles. The highest BCUT2D eigenvalue weighted by atomic mass is 35.5. The first kappa shape index (κ1) is 13.3. The van der Waals surface area contributed by atoms with E-state index in [1.807, 2.05) is 24.3 Å². The van der Waals surface area contributed by atoms with E-state index in [1.165, 1.54) is 12.1 Å². The third kappa shape index (κ3) is 3.01. The van der Waals surface area contributed by atoms with Crippen molar-refractivity contribution in [1.29, 1.82) is 0 Å². The average Bonchev–Trinajstić information content (AvgIpc) is 2.39. The Morgan fingerprint density at radius 3 is 1.39 bits per heavy atom. The summed E-state index contributed by atoms with van der Waals surface area (Å²) in [5, 5.41) is 0. The van der Waals surface area contributed by atoms with Gasteiger partial charge in [0.05, 0.1) is 0 Å². The molecule has 0 aliphatic rings. The van der Waals surface area contributed by atoms with Crippen molar-refractivity contribution < 1.29 is 8.78 Å². The molecule has 0 fully saturated rings. The van der Waals surface area contributed by atoms with Gasteiger partial charge >= 0.3 is 0 Å². The molecule has 4 heteroatoms. The minimum absolute atomic E-state index is 0.0250. The van der Waals surface area contributed by atoms with E-state index < -0.39 is 11.3 Å². The average molecular weight is 287 g/mol. The second-order valence-electron chi connectivity index (χ2n) is 3.85. The van der Waals surface area contributed by atoms with E-state index >= 15 is 0 Å². The van der Waals surface area contributed by atoms with E-state index in [9.17, 15) is 8.78 Å². The molecule has 0 saturated heterocycles. The number of halogens is 4. The molecule has 0 aromatic heterocycles. The Morgan fingerprint density at radius 1 is 0.667 bits per heavy atom. The van der Waals surface area contributed by atoms with Crippen molar-refractivity contribution >= 4 is 23.2 Å². The van der Waals surface area contributed by atoms with Crippen molar-refractivity contribution in [3.63, 3.8) is 0 Å². The maximum atomic E-state index is 12.4. The topological polar surface area (TPSA) is 0 Å². The maximum absolute atomic E-state index is 12.4. The zero-order valence-electron chi connectivity index (χ0n) is 9.29. The molecule has 0 amide bonds. The molecule has 0 saturated carbocycles. The summed E-state index contributed by atoms with van der Waals surface area (Å²) in [4.78, 5) is -0.555. The van der Waals surface area contributed by atoms with Crippen molar-refractivity contribution in [1.82, 2.24) is 0 Å². The molecule has 0 aliphatic carbocycles. The first-order valence-corrected chi connectivity index (χ1v) is 6.22. The highest BCUT2D eigenvalue weighted by molar-refractivity contribution is 6.44. The van der Waals surface area contributed by atoms with Crippen LogP contribution in [0.25, 0.3) is 11.1 Å². The molecule has 2 rings (SSSR count). The highest BCUT2D eigenvalue weighted by Gasteiger charge is 2.07. The molecule has 0 aliphatic heterocycles. The van der Waals surface area contributed by atoms with Gasteiger partial charge in [-0.3, -0.25) is 0 Å². The summed E-state index contributed by atoms with van der Waals surface area (Å²) in [6.45, 7) is 0. The predicted molar refractivity (Wildman–Crippen MR) is 71.3 cm³/mol. The molecule has 94 valence electrons. The number of alkyl halides is 4. The summed E-state index contributed by atoms with van der Waals surface area (Å²) in [6, 6.07) is 13.6. The van der Waals surface area contributed by atoms with Crippen LogP contribution < -0.4 is 0 Å². The summed E-state index contributed by atoms with van der Waals surface area (Å²) in [5.41, 5.74) is 2.66. The van der Waals surface area contributed by atoms with Crippen molar-refractivity contribution in [3.05, 3.63) is 59.7 Å². The highest BCUT2D eigenvalue weighted by Crippen LogP contribution is 2.28. The van der Waals surface area contributed by atoms with Crippen molar-refractivity contribution in [3.8, 4) is 11.1 Å². The Bertz CT molecular complexity index is 455. The Balaban J connectivity index is 2.25. The van der Waals surface area contributed by atoms with Gasteiger partial charge in [0.25, 0.3) is 6.43 Å². The maximum Gasteiger partial charge on any atom is 0.263 e. The lowest BCUT2D eigenvalue weighted by Crippen LogP contribution is -1.85. The molecule has 0 N–H and O–H groups in total. The van der Waals surface area contributed by atoms with E-state index in [1.54, 1.807) is 12.1 Å². The SMILES string of the molecule is FC(F)c1ccc(-c2ccc(C(Cl)Cl)cc2)cc1. The van der Waals surface area contributed by atoms with E-state index in [4.69, 9.17) is 23.2 Å². The van der Waals surface area contributed by atoms with Gasteiger partial charge in [0.15, 0.2) is 0 Å². The fraction of sp³-hybridized carbons (Fsp3) is 0.143. The molecule has 0 unspecified atom stereocenters. The quantitative estimate of drug-likeness (QED) is 0.629. The van der Waals surface area contributed by atoms with Gasteiger partial charge in [0, 0.05) is 5.56 Å². The molecule has 18 heavy (non-hydrogen) atoms. The van der Waals surface area contributed by atoms with Crippen LogP contribution in [0.15, 0.2) is 48.5 Å². The molecular weight excluding hydrogens is 277 g/mol. The van der Waals surface area contributed by atoms with Gasteiger partial charge in [-0.1, -0.05) is 48.5 Å². The summed E-state index contributed by atoms with van der Waals surface area (Å²) in [7, 11) is 0. The third-order valence-electron chi connectivity index (χ3n) is 2.66. The van der Waals surface area contributed by atoms with E-state index in [-0.39, 0.29) is 5.56 Å². The number of hydrogen-bond donors (Lipinski definition) is 0. The Morgan fingerprint density at radius 2 is 1.06 bits per heavy atom. The van der Waals surface area contributed by atoms with Crippen LogP contribution >= 0.6 is 23.2 Å². The van der Waals surface area contributed by atoms with Crippen LogP contribution in [0.2, 0.25) is 0 Å². The normalized spacial score (nSPS) is 11.2. The van der Waals surface area contributed by atoms with Crippen LogP contribution in [0.4, 0.5) is 8.78 Å². The fourth-order valence-corrected chi connectivity index (χ4v) is 1.93. The largest absolute Gasteiger partial charge is 0.263 e. The van der Waals surface area contributed by atoms with Crippen LogP contribution in [0.3, 0.4) is 0 Å². The Kier molecular flexibility index (Phi) is 4.20. The smallest absolute Gasteiger partial charge is 0.205 e. The second kappa shape index (κ2) is 5.68. The molecule has 2 aromatic rings. The van der Waals surface area contributed by atoms with Crippen LogP contribution in [0.1, 0.15) is 22.4 Å². The fourth-order valence-electron chi connectivity index (χ4n) is 1.64. The van der Waals surface area contributed by atoms with E-state index in [0.29, 0.717) is 0 Å². The van der Waals surface area contributed by atoms with Crippen LogP contribution in [0.5, 0.6) is 0 Å². The molecule has 0 radical (unpaired) electrons. The van der Waals surface area contributed by atoms with Crippen molar-refractivity contribution in [2.75, 3.05) is 0 Å².